The van der Waals surface area contributed by atoms with Crippen LogP contribution in [0.5, 0.6) is 0 Å². The van der Waals surface area contributed by atoms with Crippen LogP contribution in [-0.4, -0.2) is 19.3 Å². The Labute approximate surface area is 74.6 Å². The van der Waals surface area contributed by atoms with E-state index < -0.39 is 0 Å². The van der Waals surface area contributed by atoms with Crippen molar-refractivity contribution in [1.29, 1.82) is 0 Å². The number of rotatable bonds is 7. The van der Waals surface area contributed by atoms with Crippen LogP contribution in [0, 0.1) is 0 Å². The van der Waals surface area contributed by atoms with Gasteiger partial charge in [-0.05, 0) is 25.7 Å². The first-order valence-corrected chi connectivity index (χ1v) is 4.81. The zero-order chi connectivity index (χ0) is 8.65. The van der Waals surface area contributed by atoms with Gasteiger partial charge in [-0.25, -0.2) is 0 Å². The van der Waals surface area contributed by atoms with Crippen LogP contribution in [0.15, 0.2) is 12.3 Å². The molecule has 0 aliphatic carbocycles. The summed E-state index contributed by atoms with van der Waals surface area (Å²) in [6, 6.07) is 0. The van der Waals surface area contributed by atoms with E-state index in [2.05, 4.69) is 6.92 Å². The van der Waals surface area contributed by atoms with Gasteiger partial charge in [-0.1, -0.05) is 13.0 Å². The van der Waals surface area contributed by atoms with Gasteiger partial charge in [0, 0.05) is 0 Å². The highest BCUT2D eigenvalue weighted by atomic mass is 16.6. The first kappa shape index (κ1) is 9.59. The molecule has 1 atom stereocenters. The standard InChI is InChI=1S/C10H18O2/c1-2-3-7-11-8-5-4-6-10-9-12-10/h3,7,10H,2,4-6,8-9H2,1H3. The molecule has 0 saturated carbocycles. The zero-order valence-electron chi connectivity index (χ0n) is 7.79. The fraction of sp³-hybridized carbons (Fsp3) is 0.800. The quantitative estimate of drug-likeness (QED) is 0.332. The van der Waals surface area contributed by atoms with E-state index in [1.165, 1.54) is 12.8 Å². The molecule has 2 heteroatoms. The fourth-order valence-corrected chi connectivity index (χ4v) is 1.02. The summed E-state index contributed by atoms with van der Waals surface area (Å²) in [5.74, 6) is 0. The predicted molar refractivity (Wildman–Crippen MR) is 49.0 cm³/mol. The van der Waals surface area contributed by atoms with Crippen molar-refractivity contribution in [3.8, 4) is 0 Å². The van der Waals surface area contributed by atoms with Crippen LogP contribution in [-0.2, 0) is 9.47 Å². The minimum absolute atomic E-state index is 0.580. The maximum Gasteiger partial charge on any atom is 0.0873 e. The van der Waals surface area contributed by atoms with Gasteiger partial charge in [0.05, 0.1) is 25.6 Å². The second kappa shape index (κ2) is 6.06. The Morgan fingerprint density at radius 3 is 3.00 bits per heavy atom. The SMILES string of the molecule is CCC=COCCCCC1CO1. The van der Waals surface area contributed by atoms with Crippen LogP contribution in [0.25, 0.3) is 0 Å². The molecular weight excluding hydrogens is 152 g/mol. The van der Waals surface area contributed by atoms with E-state index in [0.717, 1.165) is 26.1 Å². The third kappa shape index (κ3) is 5.19. The number of hydrogen-bond donors (Lipinski definition) is 0. The molecule has 1 rings (SSSR count). The van der Waals surface area contributed by atoms with Gasteiger partial charge in [-0.2, -0.15) is 0 Å². The lowest BCUT2D eigenvalue weighted by molar-refractivity contribution is 0.238. The fourth-order valence-electron chi connectivity index (χ4n) is 1.02. The van der Waals surface area contributed by atoms with Gasteiger partial charge in [-0.15, -0.1) is 0 Å². The average Bonchev–Trinajstić information content (AvgIpc) is 2.87. The molecule has 1 unspecified atom stereocenters. The Bertz CT molecular complexity index is 128. The largest absolute Gasteiger partial charge is 0.502 e. The Morgan fingerprint density at radius 1 is 1.50 bits per heavy atom. The van der Waals surface area contributed by atoms with Gasteiger partial charge in [0.25, 0.3) is 0 Å². The Balaban J connectivity index is 1.72. The maximum atomic E-state index is 5.25. The van der Waals surface area contributed by atoms with E-state index in [9.17, 15) is 0 Å². The Morgan fingerprint density at radius 2 is 2.33 bits per heavy atom. The molecule has 0 spiro atoms. The number of allylic oxidation sites excluding steroid dienone is 1. The van der Waals surface area contributed by atoms with Crippen molar-refractivity contribution in [2.24, 2.45) is 0 Å². The van der Waals surface area contributed by atoms with E-state index in [0.29, 0.717) is 6.10 Å². The molecule has 2 nitrogen and oxygen atoms in total. The highest BCUT2D eigenvalue weighted by Gasteiger charge is 2.20. The molecule has 0 aromatic heterocycles. The number of hydrogen-bond acceptors (Lipinski definition) is 2. The minimum Gasteiger partial charge on any atom is -0.502 e. The summed E-state index contributed by atoms with van der Waals surface area (Å²) in [6.45, 7) is 3.93. The van der Waals surface area contributed by atoms with Gasteiger partial charge in [0.1, 0.15) is 0 Å². The molecule has 1 fully saturated rings. The minimum atomic E-state index is 0.580. The van der Waals surface area contributed by atoms with E-state index in [1.807, 2.05) is 6.08 Å². The normalized spacial score (nSPS) is 21.6. The predicted octanol–water partition coefficient (Wildman–Crippen LogP) is 2.50. The van der Waals surface area contributed by atoms with Gasteiger partial charge < -0.3 is 9.47 Å². The summed E-state index contributed by atoms with van der Waals surface area (Å²) < 4.78 is 10.4. The van der Waals surface area contributed by atoms with Crippen molar-refractivity contribution in [3.63, 3.8) is 0 Å². The molecule has 1 aliphatic heterocycles. The molecule has 0 bridgehead atoms. The molecular formula is C10H18O2. The summed E-state index contributed by atoms with van der Waals surface area (Å²) in [4.78, 5) is 0. The molecule has 0 aromatic carbocycles. The summed E-state index contributed by atoms with van der Waals surface area (Å²) in [5, 5.41) is 0. The van der Waals surface area contributed by atoms with Crippen LogP contribution >= 0.6 is 0 Å². The van der Waals surface area contributed by atoms with Crippen LogP contribution < -0.4 is 0 Å². The Hall–Kier alpha value is -0.500. The zero-order valence-corrected chi connectivity index (χ0v) is 7.79. The lowest BCUT2D eigenvalue weighted by Gasteiger charge is -1.98. The van der Waals surface area contributed by atoms with E-state index in [1.54, 1.807) is 6.26 Å². The third-order valence-electron chi connectivity index (χ3n) is 1.87. The van der Waals surface area contributed by atoms with Crippen molar-refractivity contribution in [3.05, 3.63) is 12.3 Å². The van der Waals surface area contributed by atoms with Gasteiger partial charge in [0.2, 0.25) is 0 Å². The average molecular weight is 170 g/mol. The third-order valence-corrected chi connectivity index (χ3v) is 1.87. The lowest BCUT2D eigenvalue weighted by Crippen LogP contribution is -1.90. The number of unbranched alkanes of at least 4 members (excludes halogenated alkanes) is 1. The summed E-state index contributed by atoms with van der Waals surface area (Å²) in [6.07, 6.45) is 9.05. The van der Waals surface area contributed by atoms with Crippen LogP contribution in [0.1, 0.15) is 32.6 Å². The van der Waals surface area contributed by atoms with Gasteiger partial charge in [-0.3, -0.25) is 0 Å². The maximum absolute atomic E-state index is 5.25. The molecule has 0 N–H and O–H groups in total. The van der Waals surface area contributed by atoms with Crippen LogP contribution in [0.4, 0.5) is 0 Å². The molecule has 0 amide bonds. The summed E-state index contributed by atoms with van der Waals surface area (Å²) >= 11 is 0. The van der Waals surface area contributed by atoms with E-state index in [-0.39, 0.29) is 0 Å². The molecule has 12 heavy (non-hydrogen) atoms. The van der Waals surface area contributed by atoms with E-state index in [4.69, 9.17) is 9.47 Å². The molecule has 0 radical (unpaired) electrons. The molecule has 70 valence electrons. The van der Waals surface area contributed by atoms with Gasteiger partial charge in [0.15, 0.2) is 0 Å². The molecule has 1 aliphatic rings. The topological polar surface area (TPSA) is 21.8 Å². The summed E-state index contributed by atoms with van der Waals surface area (Å²) in [5.41, 5.74) is 0. The second-order valence-electron chi connectivity index (χ2n) is 3.10. The first-order valence-electron chi connectivity index (χ1n) is 4.81. The Kier molecular flexibility index (Phi) is 4.85. The highest BCUT2D eigenvalue weighted by molar-refractivity contribution is 4.71. The first-order chi connectivity index (χ1) is 5.93. The van der Waals surface area contributed by atoms with Crippen molar-refractivity contribution < 1.29 is 9.47 Å². The van der Waals surface area contributed by atoms with Crippen molar-refractivity contribution >= 4 is 0 Å². The molecule has 0 aromatic rings. The van der Waals surface area contributed by atoms with Crippen LogP contribution in [0.2, 0.25) is 0 Å². The summed E-state index contributed by atoms with van der Waals surface area (Å²) in [7, 11) is 0. The van der Waals surface area contributed by atoms with Gasteiger partial charge >= 0.3 is 0 Å². The van der Waals surface area contributed by atoms with Crippen molar-refractivity contribution in [2.45, 2.75) is 38.7 Å². The second-order valence-corrected chi connectivity index (χ2v) is 3.10. The smallest absolute Gasteiger partial charge is 0.0873 e. The van der Waals surface area contributed by atoms with Crippen molar-refractivity contribution in [2.75, 3.05) is 13.2 Å². The molecule has 1 heterocycles. The monoisotopic (exact) mass is 170 g/mol. The van der Waals surface area contributed by atoms with E-state index >= 15 is 0 Å². The highest BCUT2D eigenvalue weighted by Crippen LogP contribution is 2.16. The number of ether oxygens (including phenoxy) is 2. The van der Waals surface area contributed by atoms with Crippen LogP contribution in [0.3, 0.4) is 0 Å². The lowest BCUT2D eigenvalue weighted by atomic mass is 10.2. The number of epoxide rings is 1. The van der Waals surface area contributed by atoms with Crippen molar-refractivity contribution in [1.82, 2.24) is 0 Å². The molecule has 1 saturated heterocycles.